The van der Waals surface area contributed by atoms with E-state index in [9.17, 15) is 4.39 Å². The summed E-state index contributed by atoms with van der Waals surface area (Å²) in [5, 5.41) is 14.5. The Hall–Kier alpha value is -4.14. The molecular formula is C19H14FN7O. The summed E-state index contributed by atoms with van der Waals surface area (Å²) in [5.74, 6) is 0.330. The van der Waals surface area contributed by atoms with Crippen LogP contribution in [0.5, 0.6) is 0 Å². The van der Waals surface area contributed by atoms with Gasteiger partial charge in [-0.25, -0.2) is 14.0 Å². The molecule has 0 fully saturated rings. The second kappa shape index (κ2) is 8.04. The van der Waals surface area contributed by atoms with Gasteiger partial charge in [-0.05, 0) is 46.2 Å². The Labute approximate surface area is 158 Å². The van der Waals surface area contributed by atoms with Gasteiger partial charge in [-0.15, -0.1) is 0 Å². The smallest absolute Gasteiger partial charge is 0.245 e. The van der Waals surface area contributed by atoms with Crippen LogP contribution in [0.2, 0.25) is 0 Å². The quantitative estimate of drug-likeness (QED) is 0.388. The Balaban J connectivity index is 1.53. The molecule has 2 aromatic heterocycles. The second-order valence-electron chi connectivity index (χ2n) is 5.62. The Morgan fingerprint density at radius 2 is 1.61 bits per heavy atom. The lowest BCUT2D eigenvalue weighted by atomic mass is 10.2. The molecule has 138 valence electrons. The van der Waals surface area contributed by atoms with Crippen molar-refractivity contribution in [3.63, 3.8) is 0 Å². The highest BCUT2D eigenvalue weighted by Gasteiger charge is 2.12. The average Bonchev–Trinajstić information content (AvgIpc) is 3.17. The highest BCUT2D eigenvalue weighted by Crippen LogP contribution is 2.23. The first-order chi connectivity index (χ1) is 13.8. The first kappa shape index (κ1) is 17.3. The fourth-order valence-electron chi connectivity index (χ4n) is 2.33. The monoisotopic (exact) mass is 375 g/mol. The number of rotatable bonds is 6. The summed E-state index contributed by atoms with van der Waals surface area (Å²) in [7, 11) is 0. The van der Waals surface area contributed by atoms with Crippen molar-refractivity contribution < 1.29 is 9.02 Å². The SMILES string of the molecule is Fc1ccc(Nc2nc3nonc3nc2N/N=C/C=C/c2ccccc2)cc1. The minimum atomic E-state index is -0.332. The number of hydrogen-bond donors (Lipinski definition) is 2. The van der Waals surface area contributed by atoms with Crippen molar-refractivity contribution in [3.05, 3.63) is 72.1 Å². The van der Waals surface area contributed by atoms with Crippen molar-refractivity contribution in [2.75, 3.05) is 10.7 Å². The lowest BCUT2D eigenvalue weighted by Gasteiger charge is -2.09. The summed E-state index contributed by atoms with van der Waals surface area (Å²) in [6.45, 7) is 0. The van der Waals surface area contributed by atoms with Gasteiger partial charge in [-0.1, -0.05) is 36.4 Å². The van der Waals surface area contributed by atoms with Gasteiger partial charge in [0.05, 0.1) is 0 Å². The fraction of sp³-hybridized carbons (Fsp3) is 0. The Kier molecular flexibility index (Phi) is 4.96. The molecule has 0 radical (unpaired) electrons. The maximum atomic E-state index is 13.1. The van der Waals surface area contributed by atoms with Gasteiger partial charge in [-0.2, -0.15) is 10.1 Å². The molecule has 2 aromatic carbocycles. The molecule has 0 amide bonds. The normalized spacial score (nSPS) is 11.5. The molecule has 4 aromatic rings. The zero-order chi connectivity index (χ0) is 19.2. The number of benzene rings is 2. The van der Waals surface area contributed by atoms with Gasteiger partial charge in [0, 0.05) is 11.9 Å². The number of aromatic nitrogens is 4. The lowest BCUT2D eigenvalue weighted by molar-refractivity contribution is 0.314. The summed E-state index contributed by atoms with van der Waals surface area (Å²) in [4.78, 5) is 8.60. The minimum Gasteiger partial charge on any atom is -0.337 e. The van der Waals surface area contributed by atoms with Gasteiger partial charge in [0.2, 0.25) is 11.3 Å². The van der Waals surface area contributed by atoms with Crippen molar-refractivity contribution in [2.24, 2.45) is 5.10 Å². The van der Waals surface area contributed by atoms with E-state index in [4.69, 9.17) is 0 Å². The number of hydrazone groups is 1. The zero-order valence-corrected chi connectivity index (χ0v) is 14.5. The van der Waals surface area contributed by atoms with E-state index in [2.05, 4.69) is 40.8 Å². The van der Waals surface area contributed by atoms with Crippen LogP contribution in [0.15, 0.2) is 70.4 Å². The molecule has 28 heavy (non-hydrogen) atoms. The molecule has 2 N–H and O–H groups in total. The molecule has 0 bridgehead atoms. The van der Waals surface area contributed by atoms with Gasteiger partial charge < -0.3 is 5.32 Å². The van der Waals surface area contributed by atoms with E-state index in [0.29, 0.717) is 17.3 Å². The fourth-order valence-corrected chi connectivity index (χ4v) is 2.33. The van der Waals surface area contributed by atoms with E-state index in [1.165, 1.54) is 12.1 Å². The Morgan fingerprint density at radius 1 is 0.893 bits per heavy atom. The van der Waals surface area contributed by atoms with Crippen LogP contribution >= 0.6 is 0 Å². The van der Waals surface area contributed by atoms with Gasteiger partial charge in [0.25, 0.3) is 0 Å². The van der Waals surface area contributed by atoms with Crippen LogP contribution in [0, 0.1) is 5.82 Å². The average molecular weight is 375 g/mol. The topological polar surface area (TPSA) is 101 Å². The lowest BCUT2D eigenvalue weighted by Crippen LogP contribution is -2.03. The highest BCUT2D eigenvalue weighted by molar-refractivity contribution is 5.80. The molecule has 0 saturated carbocycles. The van der Waals surface area contributed by atoms with Crippen molar-refractivity contribution in [1.29, 1.82) is 0 Å². The Morgan fingerprint density at radius 3 is 2.36 bits per heavy atom. The van der Waals surface area contributed by atoms with E-state index < -0.39 is 0 Å². The van der Waals surface area contributed by atoms with E-state index in [1.54, 1.807) is 24.4 Å². The summed E-state index contributed by atoms with van der Waals surface area (Å²) in [5.41, 5.74) is 4.97. The minimum absolute atomic E-state index is 0.238. The van der Waals surface area contributed by atoms with Crippen molar-refractivity contribution >= 4 is 40.9 Å². The largest absolute Gasteiger partial charge is 0.337 e. The van der Waals surface area contributed by atoms with Crippen LogP contribution in [-0.2, 0) is 0 Å². The summed E-state index contributed by atoms with van der Waals surface area (Å²) < 4.78 is 17.8. The molecule has 0 spiro atoms. The zero-order valence-electron chi connectivity index (χ0n) is 14.5. The van der Waals surface area contributed by atoms with Crippen LogP contribution in [0.25, 0.3) is 17.4 Å². The molecule has 2 heterocycles. The molecular weight excluding hydrogens is 361 g/mol. The molecule has 0 unspecified atom stereocenters. The van der Waals surface area contributed by atoms with Gasteiger partial charge in [0.1, 0.15) is 5.82 Å². The van der Waals surface area contributed by atoms with Crippen LogP contribution in [0.4, 0.5) is 21.7 Å². The number of nitrogens with one attached hydrogen (secondary N) is 2. The molecule has 0 saturated heterocycles. The third kappa shape index (κ3) is 4.15. The predicted octanol–water partition coefficient (Wildman–Crippen LogP) is 4.01. The number of fused-ring (bicyclic) bond motifs is 1. The van der Waals surface area contributed by atoms with Gasteiger partial charge in [0.15, 0.2) is 11.6 Å². The molecule has 4 rings (SSSR count). The number of anilines is 3. The molecule has 0 aliphatic rings. The molecule has 9 heteroatoms. The van der Waals surface area contributed by atoms with Crippen LogP contribution < -0.4 is 10.7 Å². The number of allylic oxidation sites excluding steroid dienone is 1. The predicted molar refractivity (Wildman–Crippen MR) is 105 cm³/mol. The third-order valence-electron chi connectivity index (χ3n) is 3.64. The molecule has 0 aliphatic carbocycles. The summed E-state index contributed by atoms with van der Waals surface area (Å²) in [6, 6.07) is 15.7. The van der Waals surface area contributed by atoms with Gasteiger partial charge in [-0.3, -0.25) is 5.43 Å². The Bertz CT molecular complexity index is 1120. The molecule has 8 nitrogen and oxygen atoms in total. The van der Waals surface area contributed by atoms with E-state index >= 15 is 0 Å². The standard InChI is InChI=1S/C19H14FN7O/c20-14-8-10-15(11-9-14)22-16-17(24-19-18(23-16)26-28-27-19)25-21-12-4-7-13-5-2-1-3-6-13/h1-12H,(H,22,23,26)(H,24,25,27)/b7-4+,21-12+. The van der Waals surface area contributed by atoms with Crippen LogP contribution in [0.1, 0.15) is 5.56 Å². The summed E-state index contributed by atoms with van der Waals surface area (Å²) in [6.07, 6.45) is 5.29. The number of halogens is 1. The maximum absolute atomic E-state index is 13.1. The first-order valence-corrected chi connectivity index (χ1v) is 8.31. The molecule has 0 atom stereocenters. The van der Waals surface area contributed by atoms with E-state index in [0.717, 1.165) is 5.56 Å². The van der Waals surface area contributed by atoms with E-state index in [-0.39, 0.29) is 17.1 Å². The van der Waals surface area contributed by atoms with Crippen molar-refractivity contribution in [2.45, 2.75) is 0 Å². The first-order valence-electron chi connectivity index (χ1n) is 8.31. The summed E-state index contributed by atoms with van der Waals surface area (Å²) >= 11 is 0. The highest BCUT2D eigenvalue weighted by atomic mass is 19.1. The number of nitrogens with zero attached hydrogens (tertiary/aromatic N) is 5. The second-order valence-corrected chi connectivity index (χ2v) is 5.62. The van der Waals surface area contributed by atoms with Crippen LogP contribution in [0.3, 0.4) is 0 Å². The van der Waals surface area contributed by atoms with Crippen molar-refractivity contribution in [1.82, 2.24) is 20.3 Å². The van der Waals surface area contributed by atoms with Gasteiger partial charge >= 0.3 is 0 Å². The van der Waals surface area contributed by atoms with Crippen LogP contribution in [-0.4, -0.2) is 26.5 Å². The van der Waals surface area contributed by atoms with E-state index in [1.807, 2.05) is 36.4 Å². The maximum Gasteiger partial charge on any atom is 0.245 e. The third-order valence-corrected chi connectivity index (χ3v) is 3.64. The number of hydrogen-bond acceptors (Lipinski definition) is 8. The van der Waals surface area contributed by atoms with Crippen molar-refractivity contribution in [3.8, 4) is 0 Å². The molecule has 0 aliphatic heterocycles.